The van der Waals surface area contributed by atoms with E-state index < -0.39 is 0 Å². The lowest BCUT2D eigenvalue weighted by Crippen LogP contribution is -2.18. The monoisotopic (exact) mass is 231 g/mol. The molecule has 2 heterocycles. The van der Waals surface area contributed by atoms with Crippen LogP contribution < -0.4 is 5.73 Å². The fourth-order valence-corrected chi connectivity index (χ4v) is 2.60. The van der Waals surface area contributed by atoms with Crippen molar-refractivity contribution in [3.8, 4) is 0 Å². The van der Waals surface area contributed by atoms with Gasteiger partial charge in [-0.15, -0.1) is 0 Å². The van der Waals surface area contributed by atoms with Crippen molar-refractivity contribution >= 4 is 0 Å². The van der Waals surface area contributed by atoms with Crippen molar-refractivity contribution < 1.29 is 4.52 Å². The lowest BCUT2D eigenvalue weighted by atomic mass is 9.94. The molecule has 4 heteroatoms. The Morgan fingerprint density at radius 3 is 3.24 bits per heavy atom. The minimum Gasteiger partial charge on any atom is -0.359 e. The molecule has 0 radical (unpaired) electrons. The van der Waals surface area contributed by atoms with Crippen LogP contribution in [-0.2, 0) is 13.0 Å². The topological polar surface area (TPSA) is 57.0 Å². The summed E-state index contributed by atoms with van der Waals surface area (Å²) < 4.78 is 7.48. The van der Waals surface area contributed by atoms with Gasteiger partial charge in [-0.2, -0.15) is 0 Å². The molecular weight excluding hydrogens is 214 g/mol. The van der Waals surface area contributed by atoms with E-state index >= 15 is 0 Å². The summed E-state index contributed by atoms with van der Waals surface area (Å²) in [5, 5.41) is 3.91. The fourth-order valence-electron chi connectivity index (χ4n) is 2.60. The van der Waals surface area contributed by atoms with Crippen LogP contribution in [0.15, 0.2) is 22.9 Å². The van der Waals surface area contributed by atoms with Crippen molar-refractivity contribution in [1.29, 1.82) is 0 Å². The summed E-state index contributed by atoms with van der Waals surface area (Å²) in [6, 6.07) is 4.33. The van der Waals surface area contributed by atoms with E-state index in [-0.39, 0.29) is 6.04 Å². The van der Waals surface area contributed by atoms with Gasteiger partial charge in [-0.25, -0.2) is 0 Å². The number of hydrogen-bond acceptors (Lipinski definition) is 3. The molecule has 17 heavy (non-hydrogen) atoms. The van der Waals surface area contributed by atoms with E-state index in [1.54, 1.807) is 0 Å². The van der Waals surface area contributed by atoms with Crippen molar-refractivity contribution in [3.63, 3.8) is 0 Å². The van der Waals surface area contributed by atoms with Gasteiger partial charge in [0.15, 0.2) is 5.76 Å². The summed E-state index contributed by atoms with van der Waals surface area (Å²) >= 11 is 0. The van der Waals surface area contributed by atoms with Crippen LogP contribution in [0.4, 0.5) is 0 Å². The molecule has 3 rings (SSSR count). The van der Waals surface area contributed by atoms with Crippen LogP contribution >= 0.6 is 0 Å². The maximum atomic E-state index is 6.11. The summed E-state index contributed by atoms with van der Waals surface area (Å²) in [6.07, 6.45) is 5.49. The normalized spacial score (nSPS) is 19.3. The Bertz CT molecular complexity index is 527. The third-order valence-electron chi connectivity index (χ3n) is 3.45. The molecule has 1 atom stereocenters. The van der Waals surface area contributed by atoms with Gasteiger partial charge in [-0.05, 0) is 37.8 Å². The van der Waals surface area contributed by atoms with E-state index in [0.717, 1.165) is 30.8 Å². The van der Waals surface area contributed by atoms with E-state index in [0.29, 0.717) is 0 Å². The molecule has 0 fully saturated rings. The zero-order chi connectivity index (χ0) is 11.8. The van der Waals surface area contributed by atoms with Crippen LogP contribution in [0.3, 0.4) is 0 Å². The van der Waals surface area contributed by atoms with Gasteiger partial charge >= 0.3 is 0 Å². The third-order valence-corrected chi connectivity index (χ3v) is 3.45. The largest absolute Gasteiger partial charge is 0.359 e. The van der Waals surface area contributed by atoms with Gasteiger partial charge < -0.3 is 14.8 Å². The number of fused-ring (bicyclic) bond motifs is 1. The van der Waals surface area contributed by atoms with Gasteiger partial charge in [0.25, 0.3) is 0 Å². The minimum atomic E-state index is 0.205. The number of rotatable bonds is 2. The summed E-state index contributed by atoms with van der Waals surface area (Å²) in [6.45, 7) is 2.69. The second-order valence-corrected chi connectivity index (χ2v) is 4.78. The Labute approximate surface area is 100 Å². The van der Waals surface area contributed by atoms with Gasteiger partial charge in [0, 0.05) is 24.0 Å². The Hall–Kier alpha value is -1.55. The highest BCUT2D eigenvalue weighted by atomic mass is 16.5. The van der Waals surface area contributed by atoms with Crippen molar-refractivity contribution in [3.05, 3.63) is 41.0 Å². The van der Waals surface area contributed by atoms with Crippen molar-refractivity contribution in [2.24, 2.45) is 5.73 Å². The Kier molecular flexibility index (Phi) is 2.52. The van der Waals surface area contributed by atoms with Gasteiger partial charge in [-0.1, -0.05) is 5.16 Å². The molecule has 0 saturated carbocycles. The number of nitrogens with zero attached hydrogens (tertiary/aromatic N) is 2. The Morgan fingerprint density at radius 2 is 2.47 bits per heavy atom. The quantitative estimate of drug-likeness (QED) is 0.861. The maximum Gasteiger partial charge on any atom is 0.156 e. The lowest BCUT2D eigenvalue weighted by Gasteiger charge is -2.20. The molecule has 0 aromatic carbocycles. The van der Waals surface area contributed by atoms with Crippen LogP contribution in [0, 0.1) is 6.92 Å². The molecule has 0 spiro atoms. The average molecular weight is 231 g/mol. The first-order valence-corrected chi connectivity index (χ1v) is 6.10. The number of aryl methyl sites for hydroxylation is 1. The first-order valence-electron chi connectivity index (χ1n) is 6.10. The van der Waals surface area contributed by atoms with Gasteiger partial charge in [-0.3, -0.25) is 0 Å². The van der Waals surface area contributed by atoms with Gasteiger partial charge in [0.05, 0.1) is 12.2 Å². The highest BCUT2D eigenvalue weighted by Crippen LogP contribution is 2.29. The SMILES string of the molecule is Cc1cc(Cn2ccc3c2CCCC3N)on1. The maximum absolute atomic E-state index is 6.11. The molecule has 1 aliphatic rings. The molecule has 0 saturated heterocycles. The minimum absolute atomic E-state index is 0.205. The molecule has 1 aliphatic carbocycles. The predicted octanol–water partition coefficient (Wildman–Crippen LogP) is 2.17. The number of hydrogen-bond donors (Lipinski definition) is 1. The zero-order valence-electron chi connectivity index (χ0n) is 10.0. The van der Waals surface area contributed by atoms with Crippen LogP contribution in [0.1, 0.15) is 41.6 Å². The highest BCUT2D eigenvalue weighted by molar-refractivity contribution is 5.28. The molecule has 2 N–H and O–H groups in total. The van der Waals surface area contributed by atoms with Crippen molar-refractivity contribution in [2.75, 3.05) is 0 Å². The van der Waals surface area contributed by atoms with Crippen LogP contribution in [-0.4, -0.2) is 9.72 Å². The highest BCUT2D eigenvalue weighted by Gasteiger charge is 2.20. The van der Waals surface area contributed by atoms with Gasteiger partial charge in [0.1, 0.15) is 0 Å². The van der Waals surface area contributed by atoms with E-state index in [1.165, 1.54) is 17.7 Å². The molecule has 0 bridgehead atoms. The number of aromatic nitrogens is 2. The molecule has 90 valence electrons. The Balaban J connectivity index is 1.89. The summed E-state index contributed by atoms with van der Waals surface area (Å²) in [5.74, 6) is 0.903. The second kappa shape index (κ2) is 4.04. The lowest BCUT2D eigenvalue weighted by molar-refractivity contribution is 0.371. The average Bonchev–Trinajstić information content (AvgIpc) is 2.88. The van der Waals surface area contributed by atoms with E-state index in [1.807, 2.05) is 13.0 Å². The molecule has 1 unspecified atom stereocenters. The van der Waals surface area contributed by atoms with E-state index in [4.69, 9.17) is 10.3 Å². The molecule has 2 aromatic heterocycles. The predicted molar refractivity (Wildman–Crippen MR) is 64.6 cm³/mol. The molecule has 4 nitrogen and oxygen atoms in total. The van der Waals surface area contributed by atoms with Crippen molar-refractivity contribution in [1.82, 2.24) is 9.72 Å². The number of nitrogens with two attached hydrogens (primary N) is 1. The first-order chi connectivity index (χ1) is 8.24. The molecule has 0 amide bonds. The first kappa shape index (κ1) is 10.6. The van der Waals surface area contributed by atoms with Crippen molar-refractivity contribution in [2.45, 2.75) is 38.8 Å². The molecular formula is C13H17N3O. The van der Waals surface area contributed by atoms with Crippen LogP contribution in [0.25, 0.3) is 0 Å². The Morgan fingerprint density at radius 1 is 1.59 bits per heavy atom. The summed E-state index contributed by atoms with van der Waals surface area (Å²) in [7, 11) is 0. The molecule has 2 aromatic rings. The second-order valence-electron chi connectivity index (χ2n) is 4.78. The zero-order valence-corrected chi connectivity index (χ0v) is 10.0. The summed E-state index contributed by atoms with van der Waals surface area (Å²) in [4.78, 5) is 0. The van der Waals surface area contributed by atoms with Gasteiger partial charge in [0.2, 0.25) is 0 Å². The standard InChI is InChI=1S/C13H17N3O/c1-9-7-10(17-15-9)8-16-6-5-11-12(14)3-2-4-13(11)16/h5-7,12H,2-4,8,14H2,1H3. The third kappa shape index (κ3) is 1.89. The van der Waals surface area contributed by atoms with Crippen LogP contribution in [0.5, 0.6) is 0 Å². The summed E-state index contributed by atoms with van der Waals surface area (Å²) in [5.41, 5.74) is 9.69. The fraction of sp³-hybridized carbons (Fsp3) is 0.462. The van der Waals surface area contributed by atoms with E-state index in [2.05, 4.69) is 22.0 Å². The molecule has 0 aliphatic heterocycles. The van der Waals surface area contributed by atoms with Crippen LogP contribution in [0.2, 0.25) is 0 Å². The van der Waals surface area contributed by atoms with E-state index in [9.17, 15) is 0 Å². The smallest absolute Gasteiger partial charge is 0.156 e.